The van der Waals surface area contributed by atoms with Crippen molar-refractivity contribution in [3.63, 3.8) is 0 Å². The quantitative estimate of drug-likeness (QED) is 0.387. The van der Waals surface area contributed by atoms with Gasteiger partial charge < -0.3 is 4.74 Å². The third kappa shape index (κ3) is 3.51. The second-order valence-electron chi connectivity index (χ2n) is 7.70. The maximum Gasteiger partial charge on any atom is 0.182 e. The number of ether oxygens (including phenoxy) is 1. The Morgan fingerprint density at radius 3 is 2.59 bits per heavy atom. The van der Waals surface area contributed by atoms with E-state index in [4.69, 9.17) is 15.0 Å². The standard InChI is InChI=1S/C26H17N7O/c27-14-18-9-11-22(12-10-18)34-16-19-5-4-6-20(13-19)24-30-26-23-15-29-33(21-7-2-1-3-8-21)25(23)28-17-32(26)31-24/h1-13,15,17H,16H2. The van der Waals surface area contributed by atoms with Gasteiger partial charge in [-0.2, -0.15) is 10.4 Å². The molecule has 162 valence electrons. The van der Waals surface area contributed by atoms with Crippen molar-refractivity contribution in [1.82, 2.24) is 29.4 Å². The summed E-state index contributed by atoms with van der Waals surface area (Å²) in [7, 11) is 0. The van der Waals surface area contributed by atoms with Crippen LogP contribution in [0, 0.1) is 11.3 Å². The number of nitrogens with zero attached hydrogens (tertiary/aromatic N) is 7. The van der Waals surface area contributed by atoms with E-state index in [1.165, 1.54) is 0 Å². The molecule has 0 unspecified atom stereocenters. The maximum atomic E-state index is 8.93. The summed E-state index contributed by atoms with van der Waals surface area (Å²) in [5, 5.41) is 18.9. The number of fused-ring (bicyclic) bond motifs is 3. The predicted octanol–water partition coefficient (Wildman–Crippen LogP) is 4.58. The molecule has 6 rings (SSSR count). The summed E-state index contributed by atoms with van der Waals surface area (Å²) in [5.41, 5.74) is 4.83. The van der Waals surface area contributed by atoms with E-state index in [9.17, 15) is 0 Å². The smallest absolute Gasteiger partial charge is 0.182 e. The van der Waals surface area contributed by atoms with Crippen molar-refractivity contribution in [2.45, 2.75) is 6.61 Å². The second-order valence-corrected chi connectivity index (χ2v) is 7.70. The molecule has 0 spiro atoms. The maximum absolute atomic E-state index is 8.93. The summed E-state index contributed by atoms with van der Waals surface area (Å²) in [6.07, 6.45) is 3.43. The van der Waals surface area contributed by atoms with Gasteiger partial charge in [0, 0.05) is 5.56 Å². The largest absolute Gasteiger partial charge is 0.489 e. The fraction of sp³-hybridized carbons (Fsp3) is 0.0385. The molecule has 3 aromatic carbocycles. The Morgan fingerprint density at radius 2 is 1.76 bits per heavy atom. The summed E-state index contributed by atoms with van der Waals surface area (Å²) < 4.78 is 9.34. The molecule has 0 atom stereocenters. The summed E-state index contributed by atoms with van der Waals surface area (Å²) >= 11 is 0. The van der Waals surface area contributed by atoms with Crippen molar-refractivity contribution >= 4 is 16.7 Å². The molecule has 0 amide bonds. The lowest BCUT2D eigenvalue weighted by atomic mass is 10.1. The van der Waals surface area contributed by atoms with Crippen LogP contribution in [0.25, 0.3) is 33.8 Å². The number of hydrogen-bond donors (Lipinski definition) is 0. The molecule has 3 heterocycles. The van der Waals surface area contributed by atoms with E-state index < -0.39 is 0 Å². The van der Waals surface area contributed by atoms with Gasteiger partial charge in [-0.25, -0.2) is 19.2 Å². The lowest BCUT2D eigenvalue weighted by molar-refractivity contribution is 0.306. The second kappa shape index (κ2) is 8.15. The Morgan fingerprint density at radius 1 is 0.912 bits per heavy atom. The topological polar surface area (TPSA) is 93.9 Å². The molecule has 0 aliphatic rings. The van der Waals surface area contributed by atoms with Crippen LogP contribution in [0.1, 0.15) is 11.1 Å². The number of hydrogen-bond acceptors (Lipinski definition) is 6. The van der Waals surface area contributed by atoms with Gasteiger partial charge in [-0.1, -0.05) is 36.4 Å². The lowest BCUT2D eigenvalue weighted by Crippen LogP contribution is -1.98. The van der Waals surface area contributed by atoms with E-state index in [-0.39, 0.29) is 0 Å². The van der Waals surface area contributed by atoms with Crippen molar-refractivity contribution in [2.24, 2.45) is 0 Å². The van der Waals surface area contributed by atoms with E-state index in [0.29, 0.717) is 29.4 Å². The zero-order valence-corrected chi connectivity index (χ0v) is 17.9. The molecule has 0 N–H and O–H groups in total. The first-order chi connectivity index (χ1) is 16.8. The Hall–Kier alpha value is -5.03. The molecule has 0 bridgehead atoms. The van der Waals surface area contributed by atoms with Gasteiger partial charge in [-0.3, -0.25) is 0 Å². The van der Waals surface area contributed by atoms with Gasteiger partial charge in [0.25, 0.3) is 0 Å². The number of rotatable bonds is 5. The monoisotopic (exact) mass is 443 g/mol. The van der Waals surface area contributed by atoms with Crippen LogP contribution in [0.3, 0.4) is 0 Å². The zero-order valence-electron chi connectivity index (χ0n) is 17.9. The molecular weight excluding hydrogens is 426 g/mol. The molecular formula is C26H17N7O. The minimum Gasteiger partial charge on any atom is -0.489 e. The highest BCUT2D eigenvalue weighted by Crippen LogP contribution is 2.24. The number of benzene rings is 3. The summed E-state index contributed by atoms with van der Waals surface area (Å²) in [4.78, 5) is 9.35. The van der Waals surface area contributed by atoms with Crippen molar-refractivity contribution < 1.29 is 4.74 Å². The molecule has 8 heteroatoms. The average Bonchev–Trinajstić information content (AvgIpc) is 3.53. The molecule has 0 aliphatic carbocycles. The summed E-state index contributed by atoms with van der Waals surface area (Å²) in [5.74, 6) is 1.31. The lowest BCUT2D eigenvalue weighted by Gasteiger charge is -2.07. The SMILES string of the molecule is N#Cc1ccc(OCc2cccc(-c3nc4c5cnn(-c6ccccc6)c5ncn4n3)c2)cc1. The molecule has 6 aromatic rings. The summed E-state index contributed by atoms with van der Waals surface area (Å²) in [6.45, 7) is 0.392. The van der Waals surface area contributed by atoms with Crippen LogP contribution in [0.15, 0.2) is 91.4 Å². The molecule has 0 radical (unpaired) electrons. The van der Waals surface area contributed by atoms with Gasteiger partial charge in [0.1, 0.15) is 18.7 Å². The van der Waals surface area contributed by atoms with E-state index >= 15 is 0 Å². The molecule has 0 saturated heterocycles. The number of aromatic nitrogens is 6. The van der Waals surface area contributed by atoms with Gasteiger partial charge in [-0.15, -0.1) is 5.10 Å². The third-order valence-corrected chi connectivity index (χ3v) is 5.48. The minimum absolute atomic E-state index is 0.392. The van der Waals surface area contributed by atoms with E-state index in [1.807, 2.05) is 54.6 Å². The molecule has 8 nitrogen and oxygen atoms in total. The highest BCUT2D eigenvalue weighted by molar-refractivity contribution is 5.90. The van der Waals surface area contributed by atoms with Crippen LogP contribution >= 0.6 is 0 Å². The van der Waals surface area contributed by atoms with E-state index in [2.05, 4.69) is 21.3 Å². The number of nitriles is 1. The fourth-order valence-electron chi connectivity index (χ4n) is 3.79. The van der Waals surface area contributed by atoms with Gasteiger partial charge >= 0.3 is 0 Å². The summed E-state index contributed by atoms with van der Waals surface area (Å²) in [6, 6.07) is 27.0. The first kappa shape index (κ1) is 19.6. The average molecular weight is 443 g/mol. The van der Waals surface area contributed by atoms with Crippen molar-refractivity contribution in [2.75, 3.05) is 0 Å². The van der Waals surface area contributed by atoms with Gasteiger partial charge in [0.2, 0.25) is 0 Å². The number of para-hydroxylation sites is 1. The Kier molecular flexibility index (Phi) is 4.71. The van der Waals surface area contributed by atoms with Gasteiger partial charge in [0.05, 0.1) is 28.9 Å². The van der Waals surface area contributed by atoms with Gasteiger partial charge in [-0.05, 0) is 48.0 Å². The minimum atomic E-state index is 0.392. The van der Waals surface area contributed by atoms with Crippen molar-refractivity contribution in [3.8, 4) is 28.9 Å². The first-order valence-corrected chi connectivity index (χ1v) is 10.7. The first-order valence-electron chi connectivity index (χ1n) is 10.7. The molecule has 0 fully saturated rings. The molecule has 34 heavy (non-hydrogen) atoms. The predicted molar refractivity (Wildman–Crippen MR) is 126 cm³/mol. The Bertz CT molecular complexity index is 1660. The van der Waals surface area contributed by atoms with Crippen LogP contribution in [-0.2, 0) is 6.61 Å². The van der Waals surface area contributed by atoms with Crippen molar-refractivity contribution in [1.29, 1.82) is 5.26 Å². The Labute approximate surface area is 194 Å². The van der Waals surface area contributed by atoms with Crippen LogP contribution in [0.4, 0.5) is 0 Å². The normalized spacial score (nSPS) is 11.0. The van der Waals surface area contributed by atoms with Crippen molar-refractivity contribution in [3.05, 3.63) is 103 Å². The third-order valence-electron chi connectivity index (χ3n) is 5.48. The fourth-order valence-corrected chi connectivity index (χ4v) is 3.79. The zero-order chi connectivity index (χ0) is 22.9. The van der Waals surface area contributed by atoms with Crippen LogP contribution in [-0.4, -0.2) is 29.4 Å². The van der Waals surface area contributed by atoms with E-state index in [1.54, 1.807) is 46.0 Å². The molecule has 0 aliphatic heterocycles. The van der Waals surface area contributed by atoms with Crippen LogP contribution in [0.2, 0.25) is 0 Å². The van der Waals surface area contributed by atoms with Crippen LogP contribution in [0.5, 0.6) is 5.75 Å². The van der Waals surface area contributed by atoms with Crippen LogP contribution < -0.4 is 4.74 Å². The van der Waals surface area contributed by atoms with E-state index in [0.717, 1.165) is 27.8 Å². The van der Waals surface area contributed by atoms with Gasteiger partial charge in [0.15, 0.2) is 17.1 Å². The Balaban J connectivity index is 1.30. The highest BCUT2D eigenvalue weighted by Gasteiger charge is 2.14. The highest BCUT2D eigenvalue weighted by atomic mass is 16.5. The molecule has 3 aromatic heterocycles. The molecule has 0 saturated carbocycles.